The molecule has 1 atom stereocenters. The molecular weight excluding hydrogens is 272 g/mol. The standard InChI is InChI=1S/C16H22O5/c1-10(9-17)7-8-12-11(2)13(18-3)15(20-5)16(21-6)14(12)19-4/h7-10H,1-6H3/b8-7+. The predicted octanol–water partition coefficient (Wildman–Crippen LogP) is 2.88. The third kappa shape index (κ3) is 3.29. The van der Waals surface area contributed by atoms with Gasteiger partial charge in [0, 0.05) is 17.0 Å². The summed E-state index contributed by atoms with van der Waals surface area (Å²) in [5.41, 5.74) is 1.64. The van der Waals surface area contributed by atoms with Crippen molar-refractivity contribution in [3.63, 3.8) is 0 Å². The van der Waals surface area contributed by atoms with Gasteiger partial charge in [-0.05, 0) is 6.92 Å². The van der Waals surface area contributed by atoms with Gasteiger partial charge in [-0.15, -0.1) is 0 Å². The van der Waals surface area contributed by atoms with Crippen LogP contribution in [0.5, 0.6) is 23.0 Å². The van der Waals surface area contributed by atoms with Crippen molar-refractivity contribution < 1.29 is 23.7 Å². The number of rotatable bonds is 7. The summed E-state index contributed by atoms with van der Waals surface area (Å²) in [5.74, 6) is 1.87. The first kappa shape index (κ1) is 16.9. The van der Waals surface area contributed by atoms with E-state index in [1.807, 2.05) is 19.9 Å². The summed E-state index contributed by atoms with van der Waals surface area (Å²) in [7, 11) is 6.21. The molecule has 21 heavy (non-hydrogen) atoms. The van der Waals surface area contributed by atoms with Crippen LogP contribution >= 0.6 is 0 Å². The molecule has 0 N–H and O–H groups in total. The minimum atomic E-state index is -0.187. The number of carbonyl (C=O) groups is 1. The largest absolute Gasteiger partial charge is 0.492 e. The van der Waals surface area contributed by atoms with Gasteiger partial charge in [0.25, 0.3) is 0 Å². The first-order chi connectivity index (χ1) is 10.0. The van der Waals surface area contributed by atoms with Crippen LogP contribution in [-0.2, 0) is 4.79 Å². The lowest BCUT2D eigenvalue weighted by Gasteiger charge is -2.20. The van der Waals surface area contributed by atoms with Crippen LogP contribution in [-0.4, -0.2) is 34.7 Å². The fraction of sp³-hybridized carbons (Fsp3) is 0.438. The van der Waals surface area contributed by atoms with E-state index < -0.39 is 0 Å². The highest BCUT2D eigenvalue weighted by molar-refractivity contribution is 5.75. The number of aldehydes is 1. The quantitative estimate of drug-likeness (QED) is 0.724. The fourth-order valence-corrected chi connectivity index (χ4v) is 2.10. The van der Waals surface area contributed by atoms with E-state index >= 15 is 0 Å². The van der Waals surface area contributed by atoms with E-state index in [0.29, 0.717) is 23.0 Å². The highest BCUT2D eigenvalue weighted by Gasteiger charge is 2.24. The van der Waals surface area contributed by atoms with Crippen LogP contribution in [0.15, 0.2) is 6.08 Å². The van der Waals surface area contributed by atoms with Gasteiger partial charge in [-0.1, -0.05) is 19.1 Å². The van der Waals surface area contributed by atoms with Crippen molar-refractivity contribution in [2.45, 2.75) is 13.8 Å². The molecule has 1 aromatic rings. The maximum Gasteiger partial charge on any atom is 0.207 e. The summed E-state index contributed by atoms with van der Waals surface area (Å²) in [6.07, 6.45) is 4.50. The van der Waals surface area contributed by atoms with Crippen LogP contribution in [0.3, 0.4) is 0 Å². The molecule has 0 radical (unpaired) electrons. The number of carbonyl (C=O) groups excluding carboxylic acids is 1. The second-order valence-corrected chi connectivity index (χ2v) is 4.53. The maximum absolute atomic E-state index is 10.8. The van der Waals surface area contributed by atoms with Gasteiger partial charge in [-0.2, -0.15) is 0 Å². The zero-order valence-electron chi connectivity index (χ0n) is 13.4. The molecule has 0 aliphatic rings. The van der Waals surface area contributed by atoms with Crippen LogP contribution in [0.25, 0.3) is 6.08 Å². The van der Waals surface area contributed by atoms with Crippen molar-refractivity contribution in [2.75, 3.05) is 28.4 Å². The average Bonchev–Trinajstić information content (AvgIpc) is 2.51. The Morgan fingerprint density at radius 3 is 1.76 bits per heavy atom. The van der Waals surface area contributed by atoms with E-state index in [4.69, 9.17) is 18.9 Å². The van der Waals surface area contributed by atoms with Crippen molar-refractivity contribution in [3.05, 3.63) is 17.2 Å². The summed E-state index contributed by atoms with van der Waals surface area (Å²) >= 11 is 0. The van der Waals surface area contributed by atoms with Gasteiger partial charge < -0.3 is 23.7 Å². The minimum Gasteiger partial charge on any atom is -0.492 e. The molecule has 0 saturated heterocycles. The topological polar surface area (TPSA) is 54.0 Å². The molecule has 0 aromatic heterocycles. The molecule has 0 aliphatic carbocycles. The summed E-state index contributed by atoms with van der Waals surface area (Å²) < 4.78 is 21.6. The SMILES string of the molecule is COc1c(C)c(/C=C/C(C)C=O)c(OC)c(OC)c1OC. The first-order valence-corrected chi connectivity index (χ1v) is 6.55. The second kappa shape index (κ2) is 7.57. The van der Waals surface area contributed by atoms with E-state index in [2.05, 4.69) is 0 Å². The Labute approximate surface area is 125 Å². The Balaban J connectivity index is 3.61. The van der Waals surface area contributed by atoms with Crippen molar-refractivity contribution in [1.82, 2.24) is 0 Å². The van der Waals surface area contributed by atoms with Gasteiger partial charge in [-0.25, -0.2) is 0 Å². The molecule has 1 aromatic carbocycles. The van der Waals surface area contributed by atoms with Crippen LogP contribution in [0.1, 0.15) is 18.1 Å². The first-order valence-electron chi connectivity index (χ1n) is 6.55. The van der Waals surface area contributed by atoms with Crippen LogP contribution < -0.4 is 18.9 Å². The molecule has 5 heteroatoms. The lowest BCUT2D eigenvalue weighted by atomic mass is 10.0. The number of hydrogen-bond donors (Lipinski definition) is 0. The van der Waals surface area contributed by atoms with E-state index in [0.717, 1.165) is 17.4 Å². The summed E-state index contributed by atoms with van der Waals surface area (Å²) in [5, 5.41) is 0. The minimum absolute atomic E-state index is 0.187. The van der Waals surface area contributed by atoms with E-state index in [1.165, 1.54) is 7.11 Å². The highest BCUT2D eigenvalue weighted by atomic mass is 16.5. The van der Waals surface area contributed by atoms with Crippen LogP contribution in [0.4, 0.5) is 0 Å². The molecule has 0 heterocycles. The van der Waals surface area contributed by atoms with E-state index in [-0.39, 0.29) is 5.92 Å². The molecule has 0 spiro atoms. The van der Waals surface area contributed by atoms with Crippen LogP contribution in [0, 0.1) is 12.8 Å². The molecule has 0 fully saturated rings. The third-order valence-corrected chi connectivity index (χ3v) is 3.21. The summed E-state index contributed by atoms with van der Waals surface area (Å²) in [6, 6.07) is 0. The molecule has 0 amide bonds. The Morgan fingerprint density at radius 2 is 1.33 bits per heavy atom. The van der Waals surface area contributed by atoms with Gasteiger partial charge in [-0.3, -0.25) is 0 Å². The van der Waals surface area contributed by atoms with Gasteiger partial charge in [0.05, 0.1) is 28.4 Å². The van der Waals surface area contributed by atoms with Crippen LogP contribution in [0.2, 0.25) is 0 Å². The Morgan fingerprint density at radius 1 is 0.857 bits per heavy atom. The lowest BCUT2D eigenvalue weighted by Crippen LogP contribution is -2.02. The third-order valence-electron chi connectivity index (χ3n) is 3.21. The van der Waals surface area contributed by atoms with Crippen molar-refractivity contribution >= 4 is 12.4 Å². The predicted molar refractivity (Wildman–Crippen MR) is 81.6 cm³/mol. The summed E-state index contributed by atoms with van der Waals surface area (Å²) in [6.45, 7) is 3.71. The second-order valence-electron chi connectivity index (χ2n) is 4.53. The van der Waals surface area contributed by atoms with Crippen molar-refractivity contribution in [3.8, 4) is 23.0 Å². The fourth-order valence-electron chi connectivity index (χ4n) is 2.10. The number of allylic oxidation sites excluding steroid dienone is 1. The van der Waals surface area contributed by atoms with Gasteiger partial charge >= 0.3 is 0 Å². The molecule has 0 bridgehead atoms. The molecule has 5 nitrogen and oxygen atoms in total. The number of ether oxygens (including phenoxy) is 4. The number of methoxy groups -OCH3 is 4. The summed E-state index contributed by atoms with van der Waals surface area (Å²) in [4.78, 5) is 10.8. The molecule has 1 rings (SSSR count). The normalized spacial score (nSPS) is 12.1. The van der Waals surface area contributed by atoms with E-state index in [1.54, 1.807) is 27.4 Å². The molecular formula is C16H22O5. The lowest BCUT2D eigenvalue weighted by molar-refractivity contribution is -0.109. The Bertz CT molecular complexity index is 534. The average molecular weight is 294 g/mol. The monoisotopic (exact) mass is 294 g/mol. The molecule has 0 saturated carbocycles. The van der Waals surface area contributed by atoms with Crippen molar-refractivity contribution in [1.29, 1.82) is 0 Å². The van der Waals surface area contributed by atoms with E-state index in [9.17, 15) is 4.79 Å². The molecule has 116 valence electrons. The highest BCUT2D eigenvalue weighted by Crippen LogP contribution is 2.49. The zero-order chi connectivity index (χ0) is 16.0. The maximum atomic E-state index is 10.8. The Hall–Kier alpha value is -2.17. The molecule has 0 aliphatic heterocycles. The number of hydrogen-bond acceptors (Lipinski definition) is 5. The Kier molecular flexibility index (Phi) is 6.09. The van der Waals surface area contributed by atoms with Crippen molar-refractivity contribution in [2.24, 2.45) is 5.92 Å². The molecule has 1 unspecified atom stereocenters. The van der Waals surface area contributed by atoms with Gasteiger partial charge in [0.15, 0.2) is 11.5 Å². The smallest absolute Gasteiger partial charge is 0.207 e. The number of benzene rings is 1. The van der Waals surface area contributed by atoms with Gasteiger partial charge in [0.2, 0.25) is 11.5 Å². The van der Waals surface area contributed by atoms with Gasteiger partial charge in [0.1, 0.15) is 6.29 Å². The zero-order valence-corrected chi connectivity index (χ0v) is 13.4.